The predicted molar refractivity (Wildman–Crippen MR) is 117 cm³/mol. The van der Waals surface area contributed by atoms with E-state index in [9.17, 15) is 0 Å². The van der Waals surface area contributed by atoms with Crippen LogP contribution in [0.15, 0.2) is 24.3 Å². The summed E-state index contributed by atoms with van der Waals surface area (Å²) in [6.07, 6.45) is 2.24. The van der Waals surface area contributed by atoms with Gasteiger partial charge in [0.2, 0.25) is 5.95 Å². The Morgan fingerprint density at radius 3 is 2.56 bits per heavy atom. The van der Waals surface area contributed by atoms with Gasteiger partial charge in [0.15, 0.2) is 0 Å². The maximum absolute atomic E-state index is 6.22. The van der Waals surface area contributed by atoms with E-state index in [1.807, 2.05) is 13.0 Å². The molecule has 0 aliphatic rings. The van der Waals surface area contributed by atoms with Crippen LogP contribution >= 0.6 is 23.2 Å². The van der Waals surface area contributed by atoms with Crippen LogP contribution in [0.1, 0.15) is 39.3 Å². The summed E-state index contributed by atoms with van der Waals surface area (Å²) in [5, 5.41) is 7.81. The first kappa shape index (κ1) is 21.7. The molecule has 1 unspecified atom stereocenters. The van der Waals surface area contributed by atoms with Gasteiger partial charge in [0.25, 0.3) is 0 Å². The average Bonchev–Trinajstić information content (AvgIpc) is 2.61. The van der Waals surface area contributed by atoms with Crippen LogP contribution in [0, 0.1) is 6.92 Å². The molecule has 5 nitrogen and oxygen atoms in total. The molecule has 0 saturated carbocycles. The summed E-state index contributed by atoms with van der Waals surface area (Å²) in [4.78, 5) is 11.5. The number of benzene rings is 1. The van der Waals surface area contributed by atoms with E-state index in [2.05, 4.69) is 46.3 Å². The fourth-order valence-corrected chi connectivity index (χ4v) is 3.23. The second-order valence-electron chi connectivity index (χ2n) is 6.68. The molecule has 7 heteroatoms. The summed E-state index contributed by atoms with van der Waals surface area (Å²) in [6.45, 7) is 11.9. The predicted octanol–water partition coefficient (Wildman–Crippen LogP) is 5.76. The third kappa shape index (κ3) is 7.17. The molecular weight excluding hydrogens is 381 g/mol. The molecule has 0 fully saturated rings. The second kappa shape index (κ2) is 10.7. The van der Waals surface area contributed by atoms with Gasteiger partial charge in [-0.05, 0) is 64.5 Å². The van der Waals surface area contributed by atoms with Gasteiger partial charge in [0, 0.05) is 22.8 Å². The molecule has 27 heavy (non-hydrogen) atoms. The van der Waals surface area contributed by atoms with Crippen LogP contribution in [0.25, 0.3) is 0 Å². The van der Waals surface area contributed by atoms with Gasteiger partial charge in [-0.3, -0.25) is 0 Å². The topological polar surface area (TPSA) is 53.1 Å². The number of hydrogen-bond donors (Lipinski definition) is 2. The Morgan fingerprint density at radius 1 is 1.11 bits per heavy atom. The molecule has 1 heterocycles. The first-order chi connectivity index (χ1) is 12.9. The Morgan fingerprint density at radius 2 is 1.85 bits per heavy atom. The fraction of sp³-hybridized carbons (Fsp3) is 0.500. The molecule has 1 atom stereocenters. The van der Waals surface area contributed by atoms with E-state index in [0.717, 1.165) is 44.0 Å². The molecule has 2 aromatic rings. The van der Waals surface area contributed by atoms with Crippen molar-refractivity contribution >= 4 is 40.7 Å². The number of aromatic nitrogens is 2. The number of nitrogens with zero attached hydrogens (tertiary/aromatic N) is 3. The SMILES string of the molecule is CCN(CC)CCCC(C)Nc1cc(C)nc(Nc2cc(Cl)ccc2Cl)n1. The summed E-state index contributed by atoms with van der Waals surface area (Å²) in [5.74, 6) is 1.30. The van der Waals surface area contributed by atoms with E-state index in [1.54, 1.807) is 18.2 Å². The van der Waals surface area contributed by atoms with Crippen molar-refractivity contribution in [2.75, 3.05) is 30.3 Å². The number of rotatable bonds is 10. The molecule has 0 amide bonds. The molecule has 0 bridgehead atoms. The van der Waals surface area contributed by atoms with Gasteiger partial charge in [-0.15, -0.1) is 0 Å². The molecule has 2 N–H and O–H groups in total. The van der Waals surface area contributed by atoms with Crippen LogP contribution in [-0.2, 0) is 0 Å². The highest BCUT2D eigenvalue weighted by atomic mass is 35.5. The highest BCUT2D eigenvalue weighted by Crippen LogP contribution is 2.27. The van der Waals surface area contributed by atoms with Crippen molar-refractivity contribution in [2.24, 2.45) is 0 Å². The number of anilines is 3. The molecule has 0 radical (unpaired) electrons. The molecule has 0 aliphatic carbocycles. The smallest absolute Gasteiger partial charge is 0.229 e. The van der Waals surface area contributed by atoms with E-state index in [4.69, 9.17) is 23.2 Å². The lowest BCUT2D eigenvalue weighted by Gasteiger charge is -2.20. The molecule has 1 aromatic carbocycles. The van der Waals surface area contributed by atoms with E-state index in [-0.39, 0.29) is 0 Å². The first-order valence-electron chi connectivity index (χ1n) is 9.47. The minimum absolute atomic E-state index is 0.331. The van der Waals surface area contributed by atoms with Crippen molar-refractivity contribution in [1.29, 1.82) is 0 Å². The Bertz CT molecular complexity index is 734. The van der Waals surface area contributed by atoms with Crippen LogP contribution in [-0.4, -0.2) is 40.5 Å². The van der Waals surface area contributed by atoms with Crippen molar-refractivity contribution < 1.29 is 0 Å². The van der Waals surface area contributed by atoms with Crippen molar-refractivity contribution in [1.82, 2.24) is 14.9 Å². The lowest BCUT2D eigenvalue weighted by atomic mass is 10.1. The van der Waals surface area contributed by atoms with Crippen LogP contribution in [0.3, 0.4) is 0 Å². The zero-order valence-electron chi connectivity index (χ0n) is 16.5. The standard InChI is InChI=1S/C20H29Cl2N5/c1-5-27(6-2)11-7-8-14(3)23-19-12-15(4)24-20(26-19)25-18-13-16(21)9-10-17(18)22/h9-10,12-14H,5-8,11H2,1-4H3,(H2,23,24,25,26). The Labute approximate surface area is 172 Å². The molecule has 0 saturated heterocycles. The zero-order chi connectivity index (χ0) is 19.8. The highest BCUT2D eigenvalue weighted by Gasteiger charge is 2.09. The molecule has 2 rings (SSSR count). The van der Waals surface area contributed by atoms with E-state index in [0.29, 0.717) is 27.7 Å². The third-order valence-corrected chi connectivity index (χ3v) is 4.99. The van der Waals surface area contributed by atoms with Crippen molar-refractivity contribution in [3.63, 3.8) is 0 Å². The lowest BCUT2D eigenvalue weighted by molar-refractivity contribution is 0.295. The van der Waals surface area contributed by atoms with Gasteiger partial charge in [-0.2, -0.15) is 4.98 Å². The van der Waals surface area contributed by atoms with Gasteiger partial charge in [-0.1, -0.05) is 37.0 Å². The van der Waals surface area contributed by atoms with E-state index < -0.39 is 0 Å². The van der Waals surface area contributed by atoms with Gasteiger partial charge in [-0.25, -0.2) is 4.98 Å². The van der Waals surface area contributed by atoms with Gasteiger partial charge in [0.1, 0.15) is 5.82 Å². The number of hydrogen-bond acceptors (Lipinski definition) is 5. The van der Waals surface area contributed by atoms with Crippen LogP contribution < -0.4 is 10.6 Å². The Balaban J connectivity index is 1.99. The number of nitrogens with one attached hydrogen (secondary N) is 2. The molecule has 1 aromatic heterocycles. The van der Waals surface area contributed by atoms with Crippen LogP contribution in [0.4, 0.5) is 17.5 Å². The van der Waals surface area contributed by atoms with Gasteiger partial charge in [0.05, 0.1) is 10.7 Å². The summed E-state index contributed by atoms with van der Waals surface area (Å²) < 4.78 is 0. The Kier molecular flexibility index (Phi) is 8.61. The zero-order valence-corrected chi connectivity index (χ0v) is 18.0. The largest absolute Gasteiger partial charge is 0.367 e. The summed E-state index contributed by atoms with van der Waals surface area (Å²) >= 11 is 12.3. The van der Waals surface area contributed by atoms with E-state index >= 15 is 0 Å². The maximum atomic E-state index is 6.22. The van der Waals surface area contributed by atoms with E-state index in [1.165, 1.54) is 0 Å². The number of aryl methyl sites for hydroxylation is 1. The fourth-order valence-electron chi connectivity index (χ4n) is 2.90. The van der Waals surface area contributed by atoms with Crippen LogP contribution in [0.2, 0.25) is 10.0 Å². The Hall–Kier alpha value is -1.56. The highest BCUT2D eigenvalue weighted by molar-refractivity contribution is 6.35. The molecule has 0 spiro atoms. The summed E-state index contributed by atoms with van der Waals surface area (Å²) in [6, 6.07) is 7.54. The quantitative estimate of drug-likeness (QED) is 0.522. The minimum atomic E-state index is 0.331. The van der Waals surface area contributed by atoms with Crippen molar-refractivity contribution in [3.8, 4) is 0 Å². The molecular formula is C20H29Cl2N5. The van der Waals surface area contributed by atoms with Gasteiger partial charge >= 0.3 is 0 Å². The average molecular weight is 410 g/mol. The minimum Gasteiger partial charge on any atom is -0.367 e. The maximum Gasteiger partial charge on any atom is 0.229 e. The van der Waals surface area contributed by atoms with Crippen molar-refractivity contribution in [3.05, 3.63) is 40.0 Å². The number of halogens is 2. The molecule has 0 aliphatic heterocycles. The summed E-state index contributed by atoms with van der Waals surface area (Å²) in [5.41, 5.74) is 1.57. The third-order valence-electron chi connectivity index (χ3n) is 4.43. The second-order valence-corrected chi connectivity index (χ2v) is 7.53. The monoisotopic (exact) mass is 409 g/mol. The van der Waals surface area contributed by atoms with Gasteiger partial charge < -0.3 is 15.5 Å². The summed E-state index contributed by atoms with van der Waals surface area (Å²) in [7, 11) is 0. The first-order valence-corrected chi connectivity index (χ1v) is 10.2. The normalized spacial score (nSPS) is 12.3. The lowest BCUT2D eigenvalue weighted by Crippen LogP contribution is -2.25. The van der Waals surface area contributed by atoms with Crippen LogP contribution in [0.5, 0.6) is 0 Å². The molecule has 148 valence electrons. The van der Waals surface area contributed by atoms with Crippen molar-refractivity contribution in [2.45, 2.75) is 46.6 Å².